The number of nitrogens with zero attached hydrogens (tertiary/aromatic N) is 2. The van der Waals surface area contributed by atoms with Gasteiger partial charge in [-0.15, -0.1) is 0 Å². The number of amides is 1. The molecule has 0 radical (unpaired) electrons. The van der Waals surface area contributed by atoms with Gasteiger partial charge < -0.3 is 5.32 Å². The highest BCUT2D eigenvalue weighted by molar-refractivity contribution is 6.02. The third-order valence-corrected chi connectivity index (χ3v) is 8.52. The molecule has 2 aliphatic rings. The van der Waals surface area contributed by atoms with Crippen molar-refractivity contribution < 1.29 is 18.0 Å². The van der Waals surface area contributed by atoms with Crippen molar-refractivity contribution in [1.29, 1.82) is 0 Å². The first-order valence-corrected chi connectivity index (χ1v) is 11.1. The van der Waals surface area contributed by atoms with Gasteiger partial charge in [0.1, 0.15) is 0 Å². The molecule has 2 atom stereocenters. The van der Waals surface area contributed by atoms with Crippen molar-refractivity contribution in [3.8, 4) is 0 Å². The molecule has 3 aromatic rings. The van der Waals surface area contributed by atoms with E-state index in [1.165, 1.54) is 18.2 Å². The number of fused-ring (bicyclic) bond motifs is 6. The van der Waals surface area contributed by atoms with Gasteiger partial charge in [-0.2, -0.15) is 13.2 Å². The number of aromatic nitrogens is 2. The SMILES string of the molecule is Cc1cc2nc3c(nc2cc1C)C1(C(=O)Nc2ccccc2C(F)(F)F)CCC3(C)C1(C)C. The maximum atomic E-state index is 13.9. The molecule has 0 aliphatic heterocycles. The molecule has 1 fully saturated rings. The van der Waals surface area contributed by atoms with E-state index < -0.39 is 33.9 Å². The molecule has 7 heteroatoms. The third kappa shape index (κ3) is 2.68. The Labute approximate surface area is 190 Å². The molecule has 2 aromatic carbocycles. The maximum absolute atomic E-state index is 13.9. The number of rotatable bonds is 2. The summed E-state index contributed by atoms with van der Waals surface area (Å²) in [5, 5.41) is 2.63. The number of hydrogen-bond acceptors (Lipinski definition) is 3. The minimum absolute atomic E-state index is 0.234. The second kappa shape index (κ2) is 6.55. The van der Waals surface area contributed by atoms with Gasteiger partial charge in [-0.05, 0) is 67.5 Å². The largest absolute Gasteiger partial charge is 0.418 e. The van der Waals surface area contributed by atoms with Gasteiger partial charge in [0, 0.05) is 5.41 Å². The zero-order valence-electron chi connectivity index (χ0n) is 19.3. The fourth-order valence-corrected chi connectivity index (χ4v) is 5.93. The molecule has 1 saturated carbocycles. The first-order chi connectivity index (χ1) is 15.3. The lowest BCUT2D eigenvalue weighted by atomic mass is 9.63. The van der Waals surface area contributed by atoms with E-state index in [-0.39, 0.29) is 5.69 Å². The minimum atomic E-state index is -4.57. The van der Waals surface area contributed by atoms with Crippen LogP contribution in [-0.4, -0.2) is 15.9 Å². The molecule has 0 spiro atoms. The summed E-state index contributed by atoms with van der Waals surface area (Å²) in [6.07, 6.45) is -3.35. The van der Waals surface area contributed by atoms with Crippen LogP contribution in [0.5, 0.6) is 0 Å². The number of para-hydroxylation sites is 1. The van der Waals surface area contributed by atoms with Crippen LogP contribution in [0.1, 0.15) is 61.7 Å². The van der Waals surface area contributed by atoms with E-state index in [0.29, 0.717) is 24.1 Å². The average Bonchev–Trinajstić information content (AvgIpc) is 3.02. The van der Waals surface area contributed by atoms with Crippen LogP contribution in [-0.2, 0) is 21.8 Å². The molecular formula is C26H26F3N3O. The summed E-state index contributed by atoms with van der Waals surface area (Å²) in [4.78, 5) is 23.8. The lowest BCUT2D eigenvalue weighted by molar-refractivity contribution is -0.137. The second-order valence-electron chi connectivity index (χ2n) is 10.2. The number of nitrogens with one attached hydrogen (secondary N) is 1. The Kier molecular flexibility index (Phi) is 4.34. The van der Waals surface area contributed by atoms with Crippen molar-refractivity contribution in [3.63, 3.8) is 0 Å². The monoisotopic (exact) mass is 453 g/mol. The average molecular weight is 454 g/mol. The number of carbonyl (C=O) groups excluding carboxylic acids is 1. The van der Waals surface area contributed by atoms with Crippen LogP contribution in [0.4, 0.5) is 18.9 Å². The molecule has 1 N–H and O–H groups in total. The normalized spacial score (nSPS) is 25.3. The summed E-state index contributed by atoms with van der Waals surface area (Å²) in [6, 6.07) is 9.06. The number of benzene rings is 2. The van der Waals surface area contributed by atoms with E-state index in [0.717, 1.165) is 28.4 Å². The van der Waals surface area contributed by atoms with Crippen LogP contribution in [0.2, 0.25) is 0 Å². The van der Waals surface area contributed by atoms with Crippen molar-refractivity contribution in [2.75, 3.05) is 5.32 Å². The van der Waals surface area contributed by atoms with E-state index >= 15 is 0 Å². The Morgan fingerprint density at radius 1 is 0.939 bits per heavy atom. The summed E-state index contributed by atoms with van der Waals surface area (Å²) >= 11 is 0. The topological polar surface area (TPSA) is 54.9 Å². The first-order valence-electron chi connectivity index (χ1n) is 11.1. The summed E-state index contributed by atoms with van der Waals surface area (Å²) < 4.78 is 40.8. The van der Waals surface area contributed by atoms with Gasteiger partial charge in [-0.3, -0.25) is 4.79 Å². The number of alkyl halides is 3. The van der Waals surface area contributed by atoms with Crippen LogP contribution in [0.25, 0.3) is 11.0 Å². The van der Waals surface area contributed by atoms with Crippen LogP contribution in [0.3, 0.4) is 0 Å². The highest BCUT2D eigenvalue weighted by Crippen LogP contribution is 2.70. The van der Waals surface area contributed by atoms with Crippen LogP contribution in [0, 0.1) is 19.3 Å². The van der Waals surface area contributed by atoms with Gasteiger partial charge in [0.2, 0.25) is 5.91 Å². The second-order valence-corrected chi connectivity index (χ2v) is 10.2. The van der Waals surface area contributed by atoms with Crippen LogP contribution in [0.15, 0.2) is 36.4 Å². The van der Waals surface area contributed by atoms with Crippen molar-refractivity contribution in [2.24, 2.45) is 5.41 Å². The quantitative estimate of drug-likeness (QED) is 0.500. The Hall–Kier alpha value is -2.96. The lowest BCUT2D eigenvalue weighted by Crippen LogP contribution is -2.48. The summed E-state index contributed by atoms with van der Waals surface area (Å²) in [7, 11) is 0. The summed E-state index contributed by atoms with van der Waals surface area (Å²) in [6.45, 7) is 10.1. The fourth-order valence-electron chi connectivity index (χ4n) is 5.93. The maximum Gasteiger partial charge on any atom is 0.418 e. The van der Waals surface area contributed by atoms with Gasteiger partial charge in [-0.1, -0.05) is 32.9 Å². The van der Waals surface area contributed by atoms with Crippen LogP contribution >= 0.6 is 0 Å². The molecule has 33 heavy (non-hydrogen) atoms. The van der Waals surface area contributed by atoms with Gasteiger partial charge in [0.05, 0.1) is 39.1 Å². The molecule has 1 aromatic heterocycles. The highest BCUT2D eigenvalue weighted by atomic mass is 19.4. The Morgan fingerprint density at radius 3 is 2.12 bits per heavy atom. The third-order valence-electron chi connectivity index (χ3n) is 8.52. The van der Waals surface area contributed by atoms with E-state index in [1.807, 2.05) is 39.8 Å². The molecule has 172 valence electrons. The standard InChI is InChI=1S/C26H26F3N3O/c1-14-12-18-19(13-15(14)2)31-21-20(30-18)24(5)10-11-25(21,23(24,3)4)22(33)32-17-9-7-6-8-16(17)26(27,28)29/h6-9,12-13H,10-11H2,1-5H3,(H,32,33). The zero-order chi connectivity index (χ0) is 24.0. The molecule has 2 bridgehead atoms. The Morgan fingerprint density at radius 2 is 1.52 bits per heavy atom. The molecule has 4 nitrogen and oxygen atoms in total. The molecule has 2 aliphatic carbocycles. The molecule has 0 saturated heterocycles. The molecule has 1 amide bonds. The summed E-state index contributed by atoms with van der Waals surface area (Å²) in [5.41, 5.74) is 1.88. The van der Waals surface area contributed by atoms with Crippen LogP contribution < -0.4 is 5.32 Å². The van der Waals surface area contributed by atoms with Gasteiger partial charge >= 0.3 is 6.18 Å². The van der Waals surface area contributed by atoms with Crippen molar-refractivity contribution in [3.05, 3.63) is 64.5 Å². The van der Waals surface area contributed by atoms with E-state index in [4.69, 9.17) is 9.97 Å². The van der Waals surface area contributed by atoms with E-state index in [9.17, 15) is 18.0 Å². The lowest BCUT2D eigenvalue weighted by Gasteiger charge is -2.39. The van der Waals surface area contributed by atoms with Crippen molar-refractivity contribution in [1.82, 2.24) is 9.97 Å². The predicted octanol–water partition coefficient (Wildman–Crippen LogP) is 6.23. The minimum Gasteiger partial charge on any atom is -0.325 e. The fraction of sp³-hybridized carbons (Fsp3) is 0.423. The predicted molar refractivity (Wildman–Crippen MR) is 121 cm³/mol. The Balaban J connectivity index is 1.70. The highest BCUT2D eigenvalue weighted by Gasteiger charge is 2.73. The number of aryl methyl sites for hydroxylation is 2. The number of hydrogen-bond donors (Lipinski definition) is 1. The smallest absolute Gasteiger partial charge is 0.325 e. The first kappa shape index (κ1) is 21.9. The van der Waals surface area contributed by atoms with Gasteiger partial charge in [0.15, 0.2) is 0 Å². The summed E-state index contributed by atoms with van der Waals surface area (Å²) in [5.74, 6) is -0.454. The van der Waals surface area contributed by atoms with E-state index in [2.05, 4.69) is 12.2 Å². The van der Waals surface area contributed by atoms with Gasteiger partial charge in [-0.25, -0.2) is 9.97 Å². The molecule has 1 heterocycles. The molecular weight excluding hydrogens is 427 g/mol. The van der Waals surface area contributed by atoms with Gasteiger partial charge in [0.25, 0.3) is 0 Å². The zero-order valence-corrected chi connectivity index (χ0v) is 19.3. The number of halogens is 3. The molecule has 5 rings (SSSR count). The molecule has 2 unspecified atom stereocenters. The van der Waals surface area contributed by atoms with E-state index in [1.54, 1.807) is 0 Å². The number of anilines is 1. The van der Waals surface area contributed by atoms with Crippen molar-refractivity contribution >= 4 is 22.6 Å². The van der Waals surface area contributed by atoms with Crippen molar-refractivity contribution in [2.45, 2.75) is 64.5 Å². The Bertz CT molecular complexity index is 1330. The number of carbonyl (C=O) groups is 1.